The molecule has 1 unspecified atom stereocenters. The molecular formula is C25H28N2O4. The number of aliphatic hydroxyl groups is 1. The lowest BCUT2D eigenvalue weighted by atomic mass is 9.80. The molecule has 0 bridgehead atoms. The van der Waals surface area contributed by atoms with Crippen LogP contribution < -0.4 is 5.32 Å². The molecule has 1 atom stereocenters. The molecule has 6 heteroatoms. The molecule has 0 radical (unpaired) electrons. The molecule has 0 saturated carbocycles. The summed E-state index contributed by atoms with van der Waals surface area (Å²) < 4.78 is 0. The number of carbonyl (C=O) groups excluding carboxylic acids is 2. The topological polar surface area (TPSA) is 88.0 Å². The Morgan fingerprint density at radius 1 is 1.13 bits per heavy atom. The van der Waals surface area contributed by atoms with E-state index in [1.807, 2.05) is 56.3 Å². The number of amides is 1. The van der Waals surface area contributed by atoms with E-state index in [1.165, 1.54) is 0 Å². The number of allylic oxidation sites excluding steroid dienone is 2. The summed E-state index contributed by atoms with van der Waals surface area (Å²) in [5.74, 6) is -0.454. The van der Waals surface area contributed by atoms with Crippen LogP contribution in [-0.4, -0.2) is 29.1 Å². The Bertz CT molecular complexity index is 996. The summed E-state index contributed by atoms with van der Waals surface area (Å²) in [5, 5.41) is 17.6. The van der Waals surface area contributed by atoms with Gasteiger partial charge in [-0.3, -0.25) is 9.59 Å². The van der Waals surface area contributed by atoms with Gasteiger partial charge in [0.15, 0.2) is 5.78 Å². The van der Waals surface area contributed by atoms with Crippen molar-refractivity contribution in [2.75, 3.05) is 11.9 Å². The van der Waals surface area contributed by atoms with Crippen LogP contribution in [0.1, 0.15) is 61.4 Å². The number of benzene rings is 2. The Balaban J connectivity index is 1.79. The van der Waals surface area contributed by atoms with Gasteiger partial charge in [0.1, 0.15) is 12.4 Å². The van der Waals surface area contributed by atoms with Crippen molar-refractivity contribution in [1.29, 1.82) is 0 Å². The highest BCUT2D eigenvalue weighted by Crippen LogP contribution is 2.35. The first-order chi connectivity index (χ1) is 15.0. The molecular weight excluding hydrogens is 392 g/mol. The van der Waals surface area contributed by atoms with E-state index in [-0.39, 0.29) is 29.8 Å². The molecule has 2 aromatic carbocycles. The van der Waals surface area contributed by atoms with Crippen LogP contribution in [0.5, 0.6) is 0 Å². The molecule has 2 aromatic rings. The van der Waals surface area contributed by atoms with Gasteiger partial charge in [-0.2, -0.15) is 0 Å². The van der Waals surface area contributed by atoms with Gasteiger partial charge in [-0.15, -0.1) is 0 Å². The van der Waals surface area contributed by atoms with Gasteiger partial charge in [0, 0.05) is 24.1 Å². The van der Waals surface area contributed by atoms with Gasteiger partial charge in [0.25, 0.3) is 5.91 Å². The molecule has 0 spiro atoms. The molecule has 1 aliphatic rings. The molecule has 6 nitrogen and oxygen atoms in total. The first-order valence-corrected chi connectivity index (χ1v) is 10.6. The Kier molecular flexibility index (Phi) is 7.60. The highest BCUT2D eigenvalue weighted by molar-refractivity contribution is 6.23. The zero-order chi connectivity index (χ0) is 22.2. The number of nitrogens with zero attached hydrogens (tertiary/aromatic N) is 1. The predicted molar refractivity (Wildman–Crippen MR) is 121 cm³/mol. The Morgan fingerprint density at radius 2 is 1.90 bits per heavy atom. The maximum absolute atomic E-state index is 12.9. The fraction of sp³-hybridized carbons (Fsp3) is 0.320. The quantitative estimate of drug-likeness (QED) is 0.443. The van der Waals surface area contributed by atoms with Gasteiger partial charge in [-0.25, -0.2) is 0 Å². The van der Waals surface area contributed by atoms with Crippen LogP contribution in [0.4, 0.5) is 5.69 Å². The SMILES string of the molecule is CCC/C(=N\OCC)C1=C(O)CC(c2cccc(NC(=O)c3ccccc3)c2)CC1=O. The van der Waals surface area contributed by atoms with E-state index in [0.717, 1.165) is 12.0 Å². The summed E-state index contributed by atoms with van der Waals surface area (Å²) in [6.45, 7) is 4.22. The van der Waals surface area contributed by atoms with Crippen molar-refractivity contribution in [2.45, 2.75) is 45.4 Å². The number of hydrogen-bond donors (Lipinski definition) is 2. The van der Waals surface area contributed by atoms with Crippen LogP contribution in [-0.2, 0) is 9.63 Å². The van der Waals surface area contributed by atoms with E-state index >= 15 is 0 Å². The van der Waals surface area contributed by atoms with Crippen LogP contribution in [0.3, 0.4) is 0 Å². The minimum absolute atomic E-state index is 0.0480. The molecule has 0 heterocycles. The number of aliphatic hydroxyl groups excluding tert-OH is 1. The summed E-state index contributed by atoms with van der Waals surface area (Å²) in [7, 11) is 0. The number of carbonyl (C=O) groups is 2. The van der Waals surface area contributed by atoms with Crippen molar-refractivity contribution in [3.63, 3.8) is 0 Å². The third-order valence-electron chi connectivity index (χ3n) is 5.17. The van der Waals surface area contributed by atoms with Gasteiger partial charge in [0.05, 0.1) is 11.3 Å². The lowest BCUT2D eigenvalue weighted by molar-refractivity contribution is -0.116. The standard InChI is InChI=1S/C25H28N2O4/c1-3-9-21(27-31-4-2)24-22(28)15-19(16-23(24)29)18-12-8-13-20(14-18)26-25(30)17-10-6-5-7-11-17/h5-8,10-14,19,28H,3-4,9,15-16H2,1-2H3,(H,26,30)/b27-21+. The van der Waals surface area contributed by atoms with Crippen molar-refractivity contribution in [3.8, 4) is 0 Å². The normalized spacial score (nSPS) is 16.9. The molecule has 162 valence electrons. The molecule has 1 aliphatic carbocycles. The number of oxime groups is 1. The molecule has 0 aliphatic heterocycles. The minimum atomic E-state index is -0.196. The molecule has 3 rings (SSSR count). The van der Waals surface area contributed by atoms with E-state index in [4.69, 9.17) is 4.84 Å². The number of anilines is 1. The second-order valence-electron chi connectivity index (χ2n) is 7.50. The fourth-order valence-electron chi connectivity index (χ4n) is 3.72. The average Bonchev–Trinajstić information content (AvgIpc) is 2.77. The van der Waals surface area contributed by atoms with Crippen LogP contribution in [0.25, 0.3) is 0 Å². The Morgan fingerprint density at radius 3 is 2.58 bits per heavy atom. The number of rotatable bonds is 8. The fourth-order valence-corrected chi connectivity index (χ4v) is 3.72. The summed E-state index contributed by atoms with van der Waals surface area (Å²) in [6.07, 6.45) is 1.97. The summed E-state index contributed by atoms with van der Waals surface area (Å²) in [6, 6.07) is 16.4. The monoisotopic (exact) mass is 420 g/mol. The molecule has 31 heavy (non-hydrogen) atoms. The van der Waals surface area contributed by atoms with E-state index in [0.29, 0.717) is 42.0 Å². The summed E-state index contributed by atoms with van der Waals surface area (Å²) >= 11 is 0. The second-order valence-corrected chi connectivity index (χ2v) is 7.50. The van der Waals surface area contributed by atoms with Crippen molar-refractivity contribution in [1.82, 2.24) is 0 Å². The van der Waals surface area contributed by atoms with Crippen molar-refractivity contribution in [3.05, 3.63) is 77.1 Å². The molecule has 0 saturated heterocycles. The lowest BCUT2D eigenvalue weighted by Gasteiger charge is -2.24. The van der Waals surface area contributed by atoms with E-state index in [9.17, 15) is 14.7 Å². The largest absolute Gasteiger partial charge is 0.511 e. The van der Waals surface area contributed by atoms with Crippen LogP contribution in [0.15, 0.2) is 71.1 Å². The second kappa shape index (κ2) is 10.6. The van der Waals surface area contributed by atoms with Gasteiger partial charge >= 0.3 is 0 Å². The third kappa shape index (κ3) is 5.60. The van der Waals surface area contributed by atoms with Crippen LogP contribution >= 0.6 is 0 Å². The highest BCUT2D eigenvalue weighted by Gasteiger charge is 2.31. The maximum atomic E-state index is 12.9. The Labute approximate surface area is 182 Å². The van der Waals surface area contributed by atoms with Crippen molar-refractivity contribution < 1.29 is 19.5 Å². The van der Waals surface area contributed by atoms with Gasteiger partial charge in [0.2, 0.25) is 0 Å². The Hall–Kier alpha value is -3.41. The van der Waals surface area contributed by atoms with Crippen molar-refractivity contribution >= 4 is 23.1 Å². The highest BCUT2D eigenvalue weighted by atomic mass is 16.6. The van der Waals surface area contributed by atoms with Gasteiger partial charge < -0.3 is 15.3 Å². The maximum Gasteiger partial charge on any atom is 0.255 e. The van der Waals surface area contributed by atoms with E-state index < -0.39 is 0 Å². The third-order valence-corrected chi connectivity index (χ3v) is 5.17. The molecule has 1 amide bonds. The van der Waals surface area contributed by atoms with E-state index in [1.54, 1.807) is 12.1 Å². The van der Waals surface area contributed by atoms with Gasteiger partial charge in [-0.1, -0.05) is 48.8 Å². The zero-order valence-electron chi connectivity index (χ0n) is 17.9. The lowest BCUT2D eigenvalue weighted by Crippen LogP contribution is -2.24. The predicted octanol–water partition coefficient (Wildman–Crippen LogP) is 5.39. The molecule has 0 fully saturated rings. The van der Waals surface area contributed by atoms with Crippen LogP contribution in [0.2, 0.25) is 0 Å². The van der Waals surface area contributed by atoms with Crippen molar-refractivity contribution in [2.24, 2.45) is 5.16 Å². The smallest absolute Gasteiger partial charge is 0.255 e. The van der Waals surface area contributed by atoms with E-state index in [2.05, 4.69) is 10.5 Å². The average molecular weight is 421 g/mol. The van der Waals surface area contributed by atoms with Crippen LogP contribution in [0, 0.1) is 0 Å². The van der Waals surface area contributed by atoms with Gasteiger partial charge in [-0.05, 0) is 49.1 Å². The summed E-state index contributed by atoms with van der Waals surface area (Å²) in [4.78, 5) is 30.5. The first kappa shape index (κ1) is 22.3. The summed E-state index contributed by atoms with van der Waals surface area (Å²) in [5.41, 5.74) is 2.92. The number of hydrogen-bond acceptors (Lipinski definition) is 5. The number of nitrogens with one attached hydrogen (secondary N) is 1. The first-order valence-electron chi connectivity index (χ1n) is 10.6. The number of ketones is 1. The number of Topliss-reactive ketones (excluding diaryl/α,β-unsaturated/α-hetero) is 1. The minimum Gasteiger partial charge on any atom is -0.511 e. The molecule has 2 N–H and O–H groups in total. The zero-order valence-corrected chi connectivity index (χ0v) is 17.9. The molecule has 0 aromatic heterocycles.